The van der Waals surface area contributed by atoms with Crippen LogP contribution in [0.1, 0.15) is 25.0 Å². The molecule has 0 aromatic heterocycles. The Balaban J connectivity index is 3.24. The monoisotopic (exact) mass is 306 g/mol. The SMILES string of the molecule is C/C(=N\NC(=N)N)c1cc(/C(C)=N/NC(=N)N)c(O)cc1O. The van der Waals surface area contributed by atoms with Gasteiger partial charge in [0.05, 0.1) is 11.4 Å². The minimum Gasteiger partial charge on any atom is -0.507 e. The fourth-order valence-electron chi connectivity index (χ4n) is 1.57. The summed E-state index contributed by atoms with van der Waals surface area (Å²) in [5.74, 6) is -1.08. The quantitative estimate of drug-likeness (QED) is 0.210. The van der Waals surface area contributed by atoms with Crippen LogP contribution in [0, 0.1) is 10.8 Å². The van der Waals surface area contributed by atoms with Gasteiger partial charge < -0.3 is 21.7 Å². The van der Waals surface area contributed by atoms with E-state index in [1.165, 1.54) is 6.07 Å². The Bertz CT molecular complexity index is 612. The smallest absolute Gasteiger partial charge is 0.206 e. The minimum absolute atomic E-state index is 0.194. The van der Waals surface area contributed by atoms with E-state index in [2.05, 4.69) is 21.1 Å². The maximum Gasteiger partial charge on any atom is 0.206 e. The molecule has 22 heavy (non-hydrogen) atoms. The minimum atomic E-state index is -0.346. The summed E-state index contributed by atoms with van der Waals surface area (Å²) < 4.78 is 0. The zero-order valence-electron chi connectivity index (χ0n) is 12.1. The molecule has 0 atom stereocenters. The number of nitrogens with zero attached hydrogens (tertiary/aromatic N) is 2. The Kier molecular flexibility index (Phi) is 5.27. The van der Waals surface area contributed by atoms with Gasteiger partial charge in [-0.3, -0.25) is 10.8 Å². The summed E-state index contributed by atoms with van der Waals surface area (Å²) in [5, 5.41) is 41.5. The number of guanidine groups is 2. The standard InChI is InChI=1S/C12H18N8O2/c1-5(17-19-11(13)14)7-3-8(10(22)4-9(7)21)6(2)18-20-12(15)16/h3-4,21-22H,1-2H3,(H4,13,14,19)(H4,15,16,20)/b17-5+,18-6+. The first kappa shape index (κ1) is 16.8. The summed E-state index contributed by atoms with van der Waals surface area (Å²) in [5.41, 5.74) is 16.1. The number of hydrogen-bond donors (Lipinski definition) is 8. The fourth-order valence-corrected chi connectivity index (χ4v) is 1.57. The molecule has 0 aliphatic rings. The van der Waals surface area contributed by atoms with Crippen LogP contribution in [0.15, 0.2) is 22.3 Å². The molecule has 10 nitrogen and oxygen atoms in total. The molecule has 118 valence electrons. The van der Waals surface area contributed by atoms with Crippen LogP contribution in [0.5, 0.6) is 11.5 Å². The highest BCUT2D eigenvalue weighted by molar-refractivity contribution is 6.07. The molecule has 0 heterocycles. The molecule has 10 N–H and O–H groups in total. The fraction of sp³-hybridized carbons (Fsp3) is 0.167. The van der Waals surface area contributed by atoms with Gasteiger partial charge in [0.2, 0.25) is 11.9 Å². The van der Waals surface area contributed by atoms with Crippen molar-refractivity contribution in [2.45, 2.75) is 13.8 Å². The highest BCUT2D eigenvalue weighted by Crippen LogP contribution is 2.28. The van der Waals surface area contributed by atoms with E-state index >= 15 is 0 Å². The molecule has 0 saturated carbocycles. The second-order valence-corrected chi connectivity index (χ2v) is 4.33. The van der Waals surface area contributed by atoms with Gasteiger partial charge in [-0.05, 0) is 19.9 Å². The maximum atomic E-state index is 9.89. The van der Waals surface area contributed by atoms with Crippen molar-refractivity contribution >= 4 is 23.3 Å². The second-order valence-electron chi connectivity index (χ2n) is 4.33. The van der Waals surface area contributed by atoms with Crippen LogP contribution >= 0.6 is 0 Å². The van der Waals surface area contributed by atoms with Gasteiger partial charge in [0.25, 0.3) is 0 Å². The Morgan fingerprint density at radius 2 is 1.27 bits per heavy atom. The van der Waals surface area contributed by atoms with E-state index in [0.717, 1.165) is 6.07 Å². The Hall–Kier alpha value is -3.30. The third-order valence-corrected chi connectivity index (χ3v) is 2.58. The predicted octanol–water partition coefficient (Wildman–Crippen LogP) is -0.488. The lowest BCUT2D eigenvalue weighted by molar-refractivity contribution is 0.449. The summed E-state index contributed by atoms with van der Waals surface area (Å²) in [6.45, 7) is 3.18. The first-order chi connectivity index (χ1) is 10.2. The van der Waals surface area contributed by atoms with Crippen molar-refractivity contribution in [2.24, 2.45) is 21.7 Å². The number of phenols is 2. The second kappa shape index (κ2) is 6.92. The molecule has 10 heteroatoms. The van der Waals surface area contributed by atoms with E-state index in [1.807, 2.05) is 0 Å². The zero-order valence-corrected chi connectivity index (χ0v) is 12.1. The topological polar surface area (TPSA) is 189 Å². The summed E-state index contributed by atoms with van der Waals surface area (Å²) in [6, 6.07) is 2.61. The molecule has 0 spiro atoms. The van der Waals surface area contributed by atoms with Gasteiger partial charge in [-0.25, -0.2) is 10.9 Å². The molecule has 1 aromatic rings. The van der Waals surface area contributed by atoms with Crippen molar-refractivity contribution in [1.29, 1.82) is 10.8 Å². The van der Waals surface area contributed by atoms with E-state index in [1.54, 1.807) is 13.8 Å². The van der Waals surface area contributed by atoms with Gasteiger partial charge >= 0.3 is 0 Å². The summed E-state index contributed by atoms with van der Waals surface area (Å²) in [4.78, 5) is 0. The van der Waals surface area contributed by atoms with Gasteiger partial charge in [-0.15, -0.1) is 0 Å². The van der Waals surface area contributed by atoms with Crippen molar-refractivity contribution in [3.8, 4) is 11.5 Å². The molecule has 0 radical (unpaired) electrons. The molecule has 0 aliphatic heterocycles. The van der Waals surface area contributed by atoms with Crippen LogP contribution in [-0.2, 0) is 0 Å². The maximum absolute atomic E-state index is 9.89. The summed E-state index contributed by atoms with van der Waals surface area (Å²) >= 11 is 0. The van der Waals surface area contributed by atoms with Gasteiger partial charge in [0.1, 0.15) is 11.5 Å². The van der Waals surface area contributed by atoms with E-state index in [4.69, 9.17) is 22.3 Å². The molecule has 0 aliphatic carbocycles. The van der Waals surface area contributed by atoms with Crippen LogP contribution in [0.2, 0.25) is 0 Å². The molecule has 0 amide bonds. The lowest BCUT2D eigenvalue weighted by Gasteiger charge is -2.10. The summed E-state index contributed by atoms with van der Waals surface area (Å²) in [6.07, 6.45) is 0. The molecule has 0 fully saturated rings. The average Bonchev–Trinajstić information content (AvgIpc) is 2.42. The number of nitrogens with one attached hydrogen (secondary N) is 4. The highest BCUT2D eigenvalue weighted by atomic mass is 16.3. The largest absolute Gasteiger partial charge is 0.507 e. The van der Waals surface area contributed by atoms with Crippen LogP contribution in [0.25, 0.3) is 0 Å². The van der Waals surface area contributed by atoms with Crippen molar-refractivity contribution in [3.05, 3.63) is 23.3 Å². The normalized spacial score (nSPS) is 11.9. The van der Waals surface area contributed by atoms with Crippen LogP contribution in [-0.4, -0.2) is 33.6 Å². The Morgan fingerprint density at radius 1 is 0.909 bits per heavy atom. The number of rotatable bonds is 4. The molecule has 0 bridgehead atoms. The summed E-state index contributed by atoms with van der Waals surface area (Å²) in [7, 11) is 0. The lowest BCUT2D eigenvalue weighted by Crippen LogP contribution is -2.27. The first-order valence-corrected chi connectivity index (χ1v) is 6.07. The highest BCUT2D eigenvalue weighted by Gasteiger charge is 2.13. The van der Waals surface area contributed by atoms with E-state index in [0.29, 0.717) is 22.6 Å². The number of hydrazone groups is 2. The molecular weight excluding hydrogens is 288 g/mol. The first-order valence-electron chi connectivity index (χ1n) is 6.07. The van der Waals surface area contributed by atoms with Crippen LogP contribution in [0.3, 0.4) is 0 Å². The third kappa shape index (κ3) is 4.37. The van der Waals surface area contributed by atoms with E-state index < -0.39 is 0 Å². The Morgan fingerprint density at radius 3 is 1.59 bits per heavy atom. The third-order valence-electron chi connectivity index (χ3n) is 2.58. The predicted molar refractivity (Wildman–Crippen MR) is 84.3 cm³/mol. The molecule has 0 saturated heterocycles. The van der Waals surface area contributed by atoms with E-state index in [-0.39, 0.29) is 23.4 Å². The van der Waals surface area contributed by atoms with Crippen molar-refractivity contribution in [1.82, 2.24) is 10.9 Å². The van der Waals surface area contributed by atoms with E-state index in [9.17, 15) is 10.2 Å². The van der Waals surface area contributed by atoms with Crippen LogP contribution < -0.4 is 22.3 Å². The van der Waals surface area contributed by atoms with Crippen molar-refractivity contribution in [3.63, 3.8) is 0 Å². The van der Waals surface area contributed by atoms with Crippen LogP contribution in [0.4, 0.5) is 0 Å². The van der Waals surface area contributed by atoms with Crippen molar-refractivity contribution < 1.29 is 10.2 Å². The number of phenolic OH excluding ortho intramolecular Hbond substituents is 2. The lowest BCUT2D eigenvalue weighted by atomic mass is 10.0. The number of nitrogens with two attached hydrogens (primary N) is 2. The number of aromatic hydroxyl groups is 2. The number of benzene rings is 1. The average molecular weight is 306 g/mol. The molecule has 0 unspecified atom stereocenters. The van der Waals surface area contributed by atoms with Gasteiger partial charge in [-0.1, -0.05) is 0 Å². The molecule has 1 aromatic carbocycles. The van der Waals surface area contributed by atoms with Gasteiger partial charge in [-0.2, -0.15) is 10.2 Å². The Labute approximate surface area is 126 Å². The molecule has 1 rings (SSSR count). The van der Waals surface area contributed by atoms with Crippen molar-refractivity contribution in [2.75, 3.05) is 0 Å². The zero-order chi connectivity index (χ0) is 16.9. The molecular formula is C12H18N8O2. The number of hydrogen-bond acceptors (Lipinski definition) is 6. The van der Waals surface area contributed by atoms with Gasteiger partial charge in [0, 0.05) is 17.2 Å². The van der Waals surface area contributed by atoms with Gasteiger partial charge in [0.15, 0.2) is 0 Å².